The number of carbonyl (C=O) groups excluding carboxylic acids is 1. The van der Waals surface area contributed by atoms with Crippen molar-refractivity contribution in [1.82, 2.24) is 4.90 Å². The van der Waals surface area contributed by atoms with E-state index in [1.54, 1.807) is 18.0 Å². The van der Waals surface area contributed by atoms with Crippen LogP contribution in [-0.4, -0.2) is 17.9 Å². The lowest BCUT2D eigenvalue weighted by molar-refractivity contribution is -0.132. The third-order valence-electron chi connectivity index (χ3n) is 3.11. The van der Waals surface area contributed by atoms with Crippen LogP contribution in [0, 0.1) is 17.7 Å². The molecule has 1 aromatic rings. The average Bonchev–Trinajstić information content (AvgIpc) is 2.94. The molecule has 1 aliphatic carbocycles. The summed E-state index contributed by atoms with van der Waals surface area (Å²) < 4.78 is 12.9. The molecule has 1 saturated carbocycles. The van der Waals surface area contributed by atoms with Gasteiger partial charge in [0.05, 0.1) is 0 Å². The Morgan fingerprint density at radius 3 is 2.81 bits per heavy atom. The quantitative estimate of drug-likeness (QED) is 0.767. The van der Waals surface area contributed by atoms with E-state index in [1.165, 1.54) is 12.1 Å². The Kier molecular flexibility index (Phi) is 2.95. The number of hydrogen-bond acceptors (Lipinski definition) is 1. The predicted molar refractivity (Wildman–Crippen MR) is 60.1 cm³/mol. The fourth-order valence-electron chi connectivity index (χ4n) is 1.94. The summed E-state index contributed by atoms with van der Waals surface area (Å²) in [5, 5.41) is 0. The molecule has 1 aliphatic rings. The van der Waals surface area contributed by atoms with Crippen LogP contribution in [-0.2, 0) is 11.3 Å². The van der Waals surface area contributed by atoms with Crippen LogP contribution in [0.15, 0.2) is 24.3 Å². The van der Waals surface area contributed by atoms with Crippen molar-refractivity contribution in [3.05, 3.63) is 35.6 Å². The van der Waals surface area contributed by atoms with E-state index in [0.717, 1.165) is 12.0 Å². The summed E-state index contributed by atoms with van der Waals surface area (Å²) in [6.07, 6.45) is 0.992. The molecule has 2 atom stereocenters. The van der Waals surface area contributed by atoms with E-state index in [-0.39, 0.29) is 17.6 Å². The van der Waals surface area contributed by atoms with E-state index in [4.69, 9.17) is 0 Å². The Bertz CT molecular complexity index is 405. The van der Waals surface area contributed by atoms with Gasteiger partial charge in [0.1, 0.15) is 5.82 Å². The zero-order valence-electron chi connectivity index (χ0n) is 9.61. The number of rotatable bonds is 3. The molecule has 3 heteroatoms. The molecule has 2 rings (SSSR count). The monoisotopic (exact) mass is 221 g/mol. The van der Waals surface area contributed by atoms with Crippen molar-refractivity contribution in [2.24, 2.45) is 11.8 Å². The summed E-state index contributed by atoms with van der Waals surface area (Å²) >= 11 is 0. The standard InChI is InChI=1S/C13H16FNO/c1-9-6-12(9)13(16)15(2)8-10-4-3-5-11(14)7-10/h3-5,7,9,12H,6,8H2,1-2H3. The molecule has 0 aromatic heterocycles. The molecule has 1 amide bonds. The summed E-state index contributed by atoms with van der Waals surface area (Å²) in [4.78, 5) is 13.5. The van der Waals surface area contributed by atoms with Gasteiger partial charge in [0, 0.05) is 19.5 Å². The second kappa shape index (κ2) is 4.24. The second-order valence-corrected chi connectivity index (χ2v) is 4.64. The van der Waals surface area contributed by atoms with Crippen molar-refractivity contribution < 1.29 is 9.18 Å². The minimum absolute atomic E-state index is 0.178. The van der Waals surface area contributed by atoms with Gasteiger partial charge in [-0.3, -0.25) is 4.79 Å². The first-order valence-corrected chi connectivity index (χ1v) is 5.57. The smallest absolute Gasteiger partial charge is 0.226 e. The molecule has 86 valence electrons. The molecule has 1 aromatic carbocycles. The summed E-state index contributed by atoms with van der Waals surface area (Å²) in [5.41, 5.74) is 0.837. The van der Waals surface area contributed by atoms with E-state index in [1.807, 2.05) is 6.07 Å². The van der Waals surface area contributed by atoms with Crippen molar-refractivity contribution in [1.29, 1.82) is 0 Å². The van der Waals surface area contributed by atoms with Gasteiger partial charge in [-0.2, -0.15) is 0 Å². The number of halogens is 1. The molecular formula is C13H16FNO. The summed E-state index contributed by atoms with van der Waals surface area (Å²) in [5.74, 6) is 0.635. The van der Waals surface area contributed by atoms with Crippen LogP contribution in [0.1, 0.15) is 18.9 Å². The molecule has 0 N–H and O–H groups in total. The maximum absolute atomic E-state index is 12.9. The van der Waals surface area contributed by atoms with Crippen LogP contribution in [0.25, 0.3) is 0 Å². The third kappa shape index (κ3) is 2.40. The summed E-state index contributed by atoms with van der Waals surface area (Å²) in [6, 6.07) is 6.39. The number of benzene rings is 1. The van der Waals surface area contributed by atoms with Crippen molar-refractivity contribution in [3.8, 4) is 0 Å². The Labute approximate surface area is 95.1 Å². The third-order valence-corrected chi connectivity index (χ3v) is 3.11. The van der Waals surface area contributed by atoms with Crippen molar-refractivity contribution in [2.45, 2.75) is 19.9 Å². The molecule has 0 aliphatic heterocycles. The summed E-state index contributed by atoms with van der Waals surface area (Å²) in [6.45, 7) is 2.57. The molecule has 0 saturated heterocycles. The number of carbonyl (C=O) groups is 1. The van der Waals surface area contributed by atoms with Gasteiger partial charge < -0.3 is 4.90 Å². The Morgan fingerprint density at radius 2 is 2.25 bits per heavy atom. The average molecular weight is 221 g/mol. The minimum atomic E-state index is -0.252. The predicted octanol–water partition coefficient (Wildman–Crippen LogP) is 2.44. The molecule has 1 fully saturated rings. The van der Waals surface area contributed by atoms with E-state index in [2.05, 4.69) is 6.92 Å². The first-order valence-electron chi connectivity index (χ1n) is 5.57. The summed E-state index contributed by atoms with van der Waals surface area (Å²) in [7, 11) is 1.78. The van der Waals surface area contributed by atoms with Crippen LogP contribution < -0.4 is 0 Å². The Balaban J connectivity index is 1.96. The van der Waals surface area contributed by atoms with Gasteiger partial charge in [0.15, 0.2) is 0 Å². The topological polar surface area (TPSA) is 20.3 Å². The highest BCUT2D eigenvalue weighted by Crippen LogP contribution is 2.39. The maximum atomic E-state index is 12.9. The zero-order chi connectivity index (χ0) is 11.7. The zero-order valence-corrected chi connectivity index (χ0v) is 9.61. The fourth-order valence-corrected chi connectivity index (χ4v) is 1.94. The number of hydrogen-bond donors (Lipinski definition) is 0. The molecule has 0 radical (unpaired) electrons. The molecular weight excluding hydrogens is 205 g/mol. The first kappa shape index (κ1) is 11.1. The highest BCUT2D eigenvalue weighted by atomic mass is 19.1. The van der Waals surface area contributed by atoms with Crippen molar-refractivity contribution in [2.75, 3.05) is 7.05 Å². The van der Waals surface area contributed by atoms with Crippen LogP contribution in [0.5, 0.6) is 0 Å². The van der Waals surface area contributed by atoms with Crippen LogP contribution >= 0.6 is 0 Å². The van der Waals surface area contributed by atoms with Gasteiger partial charge in [-0.25, -0.2) is 4.39 Å². The number of nitrogens with zero attached hydrogens (tertiary/aromatic N) is 1. The maximum Gasteiger partial charge on any atom is 0.226 e. The highest BCUT2D eigenvalue weighted by molar-refractivity contribution is 5.81. The van der Waals surface area contributed by atoms with Gasteiger partial charge in [-0.15, -0.1) is 0 Å². The van der Waals surface area contributed by atoms with E-state index in [0.29, 0.717) is 12.5 Å². The molecule has 2 nitrogen and oxygen atoms in total. The minimum Gasteiger partial charge on any atom is -0.341 e. The van der Waals surface area contributed by atoms with E-state index in [9.17, 15) is 9.18 Å². The highest BCUT2D eigenvalue weighted by Gasteiger charge is 2.40. The molecule has 0 spiro atoms. The number of amides is 1. The lowest BCUT2D eigenvalue weighted by Gasteiger charge is -2.17. The molecule has 0 bridgehead atoms. The van der Waals surface area contributed by atoms with Crippen molar-refractivity contribution >= 4 is 5.91 Å². The largest absolute Gasteiger partial charge is 0.341 e. The van der Waals surface area contributed by atoms with Crippen LogP contribution in [0.4, 0.5) is 4.39 Å². The fraction of sp³-hybridized carbons (Fsp3) is 0.462. The Hall–Kier alpha value is -1.38. The molecule has 2 unspecified atom stereocenters. The van der Waals surface area contributed by atoms with E-state index >= 15 is 0 Å². The van der Waals surface area contributed by atoms with Gasteiger partial charge in [0.2, 0.25) is 5.91 Å². The first-order chi connectivity index (χ1) is 7.58. The normalized spacial score (nSPS) is 22.9. The van der Waals surface area contributed by atoms with Gasteiger partial charge in [-0.05, 0) is 30.0 Å². The van der Waals surface area contributed by atoms with E-state index < -0.39 is 0 Å². The van der Waals surface area contributed by atoms with Crippen molar-refractivity contribution in [3.63, 3.8) is 0 Å². The van der Waals surface area contributed by atoms with Crippen LogP contribution in [0.3, 0.4) is 0 Å². The van der Waals surface area contributed by atoms with Gasteiger partial charge in [0.25, 0.3) is 0 Å². The SMILES string of the molecule is CC1CC1C(=O)N(C)Cc1cccc(F)c1. The lowest BCUT2D eigenvalue weighted by Crippen LogP contribution is -2.28. The van der Waals surface area contributed by atoms with Gasteiger partial charge in [-0.1, -0.05) is 19.1 Å². The molecule has 0 heterocycles. The van der Waals surface area contributed by atoms with Gasteiger partial charge >= 0.3 is 0 Å². The van der Waals surface area contributed by atoms with Crippen LogP contribution in [0.2, 0.25) is 0 Å². The lowest BCUT2D eigenvalue weighted by atomic mass is 10.2. The second-order valence-electron chi connectivity index (χ2n) is 4.64. The Morgan fingerprint density at radius 1 is 1.56 bits per heavy atom. The molecule has 16 heavy (non-hydrogen) atoms.